The van der Waals surface area contributed by atoms with Crippen molar-refractivity contribution in [2.24, 2.45) is 0 Å². The summed E-state index contributed by atoms with van der Waals surface area (Å²) in [5.41, 5.74) is 0.549. The van der Waals surface area contributed by atoms with E-state index in [1.54, 1.807) is 19.3 Å². The molecule has 1 amide bonds. The normalized spacial score (nSPS) is 15.7. The van der Waals surface area contributed by atoms with E-state index < -0.39 is 0 Å². The van der Waals surface area contributed by atoms with E-state index in [9.17, 15) is 4.79 Å². The molecule has 0 aliphatic heterocycles. The molecule has 5 heteroatoms. The molecule has 2 rings (SSSR count). The Bertz CT molecular complexity index is 444. The van der Waals surface area contributed by atoms with Crippen LogP contribution in [-0.2, 0) is 0 Å². The monoisotopic (exact) mass is 267 g/mol. The Hall–Kier alpha value is -1.29. The maximum absolute atomic E-state index is 12.3. The summed E-state index contributed by atoms with van der Waals surface area (Å²) in [5, 5.41) is 3.35. The quantitative estimate of drug-likeness (QED) is 0.916. The molecule has 1 saturated carbocycles. The summed E-state index contributed by atoms with van der Waals surface area (Å²) in [7, 11) is 3.61. The standard InChI is InChI=1S/C13H18ClN3O/c1-15-12-11(14)7-9(8-16-12)13(18)17(2)10-5-3-4-6-10/h7-8,10H,3-6H2,1-2H3,(H,15,16). The van der Waals surface area contributed by atoms with Crippen LogP contribution in [0.5, 0.6) is 0 Å². The van der Waals surface area contributed by atoms with Crippen LogP contribution in [0.1, 0.15) is 36.0 Å². The van der Waals surface area contributed by atoms with Crippen LogP contribution in [0, 0.1) is 0 Å². The van der Waals surface area contributed by atoms with Crippen molar-refractivity contribution in [3.63, 3.8) is 0 Å². The van der Waals surface area contributed by atoms with Crippen LogP contribution in [0.4, 0.5) is 5.82 Å². The zero-order valence-corrected chi connectivity index (χ0v) is 11.5. The number of carbonyl (C=O) groups excluding carboxylic acids is 1. The molecule has 1 aromatic heterocycles. The average molecular weight is 268 g/mol. The molecule has 1 aliphatic rings. The minimum Gasteiger partial charge on any atom is -0.372 e. The first-order valence-electron chi connectivity index (χ1n) is 6.24. The fraction of sp³-hybridized carbons (Fsp3) is 0.538. The van der Waals surface area contributed by atoms with Gasteiger partial charge in [-0.3, -0.25) is 4.79 Å². The highest BCUT2D eigenvalue weighted by molar-refractivity contribution is 6.33. The third-order valence-corrected chi connectivity index (χ3v) is 3.81. The lowest BCUT2D eigenvalue weighted by Crippen LogP contribution is -2.35. The van der Waals surface area contributed by atoms with Gasteiger partial charge in [-0.2, -0.15) is 0 Å². The Morgan fingerprint density at radius 2 is 2.17 bits per heavy atom. The topological polar surface area (TPSA) is 45.2 Å². The van der Waals surface area contributed by atoms with Gasteiger partial charge in [0, 0.05) is 26.3 Å². The van der Waals surface area contributed by atoms with Gasteiger partial charge in [0.05, 0.1) is 10.6 Å². The predicted molar refractivity (Wildman–Crippen MR) is 73.1 cm³/mol. The van der Waals surface area contributed by atoms with Gasteiger partial charge in [-0.05, 0) is 18.9 Å². The third-order valence-electron chi connectivity index (χ3n) is 3.52. The van der Waals surface area contributed by atoms with Gasteiger partial charge in [0.15, 0.2) is 0 Å². The first kappa shape index (κ1) is 13.1. The number of amides is 1. The molecular formula is C13H18ClN3O. The zero-order valence-electron chi connectivity index (χ0n) is 10.7. The molecule has 1 fully saturated rings. The third kappa shape index (κ3) is 2.58. The average Bonchev–Trinajstić information content (AvgIpc) is 2.90. The van der Waals surface area contributed by atoms with Gasteiger partial charge in [-0.15, -0.1) is 0 Å². The highest BCUT2D eigenvalue weighted by atomic mass is 35.5. The molecule has 98 valence electrons. The number of nitrogens with zero attached hydrogens (tertiary/aromatic N) is 2. The predicted octanol–water partition coefficient (Wildman–Crippen LogP) is 2.79. The summed E-state index contributed by atoms with van der Waals surface area (Å²) >= 11 is 6.04. The Morgan fingerprint density at radius 3 is 2.72 bits per heavy atom. The highest BCUT2D eigenvalue weighted by Gasteiger charge is 2.24. The second kappa shape index (κ2) is 5.57. The van der Waals surface area contributed by atoms with Crippen LogP contribution < -0.4 is 5.32 Å². The molecular weight excluding hydrogens is 250 g/mol. The molecule has 18 heavy (non-hydrogen) atoms. The van der Waals surface area contributed by atoms with Crippen molar-refractivity contribution in [2.45, 2.75) is 31.7 Å². The van der Waals surface area contributed by atoms with Crippen molar-refractivity contribution >= 4 is 23.3 Å². The molecule has 0 saturated heterocycles. The number of anilines is 1. The molecule has 0 aromatic carbocycles. The van der Waals surface area contributed by atoms with E-state index in [4.69, 9.17) is 11.6 Å². The largest absolute Gasteiger partial charge is 0.372 e. The van der Waals surface area contributed by atoms with Crippen molar-refractivity contribution in [1.29, 1.82) is 0 Å². The van der Waals surface area contributed by atoms with Crippen molar-refractivity contribution < 1.29 is 4.79 Å². The number of hydrogen-bond donors (Lipinski definition) is 1. The molecule has 0 radical (unpaired) electrons. The van der Waals surface area contributed by atoms with Gasteiger partial charge in [0.2, 0.25) is 0 Å². The van der Waals surface area contributed by atoms with Crippen LogP contribution in [0.15, 0.2) is 12.3 Å². The fourth-order valence-corrected chi connectivity index (χ4v) is 2.66. The molecule has 0 unspecified atom stereocenters. The Morgan fingerprint density at radius 1 is 1.50 bits per heavy atom. The van der Waals surface area contributed by atoms with E-state index >= 15 is 0 Å². The van der Waals surface area contributed by atoms with Crippen molar-refractivity contribution in [3.05, 3.63) is 22.8 Å². The molecule has 1 heterocycles. The zero-order chi connectivity index (χ0) is 13.1. The molecule has 1 N–H and O–H groups in total. The lowest BCUT2D eigenvalue weighted by atomic mass is 10.2. The first-order valence-corrected chi connectivity index (χ1v) is 6.61. The molecule has 0 bridgehead atoms. The van der Waals surface area contributed by atoms with Gasteiger partial charge in [0.25, 0.3) is 5.91 Å². The summed E-state index contributed by atoms with van der Waals surface area (Å²) in [6.45, 7) is 0. The van der Waals surface area contributed by atoms with Crippen LogP contribution in [0.2, 0.25) is 5.02 Å². The molecule has 1 aliphatic carbocycles. The summed E-state index contributed by atoms with van der Waals surface area (Å²) in [5.74, 6) is 0.593. The lowest BCUT2D eigenvalue weighted by molar-refractivity contribution is 0.0735. The maximum atomic E-state index is 12.3. The minimum absolute atomic E-state index is 0.000969. The van der Waals surface area contributed by atoms with Crippen LogP contribution in [0.3, 0.4) is 0 Å². The van der Waals surface area contributed by atoms with Crippen molar-refractivity contribution in [3.8, 4) is 0 Å². The molecule has 4 nitrogen and oxygen atoms in total. The van der Waals surface area contributed by atoms with Crippen LogP contribution in [0.25, 0.3) is 0 Å². The van der Waals surface area contributed by atoms with E-state index in [2.05, 4.69) is 10.3 Å². The van der Waals surface area contributed by atoms with Gasteiger partial charge < -0.3 is 10.2 Å². The lowest BCUT2D eigenvalue weighted by Gasteiger charge is -2.24. The van der Waals surface area contributed by atoms with E-state index in [1.807, 2.05) is 11.9 Å². The summed E-state index contributed by atoms with van der Waals surface area (Å²) in [6, 6.07) is 2.04. The maximum Gasteiger partial charge on any atom is 0.255 e. The summed E-state index contributed by atoms with van der Waals surface area (Å²) in [4.78, 5) is 18.2. The van der Waals surface area contributed by atoms with Gasteiger partial charge >= 0.3 is 0 Å². The first-order chi connectivity index (χ1) is 8.63. The fourth-order valence-electron chi connectivity index (χ4n) is 2.40. The number of hydrogen-bond acceptors (Lipinski definition) is 3. The number of nitrogens with one attached hydrogen (secondary N) is 1. The van der Waals surface area contributed by atoms with E-state index in [0.717, 1.165) is 12.8 Å². The summed E-state index contributed by atoms with van der Waals surface area (Å²) in [6.07, 6.45) is 6.18. The number of aromatic nitrogens is 1. The van der Waals surface area contributed by atoms with Crippen molar-refractivity contribution in [2.75, 3.05) is 19.4 Å². The number of carbonyl (C=O) groups is 1. The van der Waals surface area contributed by atoms with Gasteiger partial charge in [0.1, 0.15) is 5.82 Å². The SMILES string of the molecule is CNc1ncc(C(=O)N(C)C2CCCC2)cc1Cl. The molecule has 0 spiro atoms. The Balaban J connectivity index is 2.15. The van der Waals surface area contributed by atoms with Crippen LogP contribution in [-0.4, -0.2) is 35.9 Å². The smallest absolute Gasteiger partial charge is 0.255 e. The number of pyridine rings is 1. The van der Waals surface area contributed by atoms with Gasteiger partial charge in [-0.25, -0.2) is 4.98 Å². The number of halogens is 1. The second-order valence-electron chi connectivity index (χ2n) is 4.66. The highest BCUT2D eigenvalue weighted by Crippen LogP contribution is 2.25. The minimum atomic E-state index is -0.000969. The Labute approximate surface area is 112 Å². The Kier molecular flexibility index (Phi) is 4.07. The van der Waals surface area contributed by atoms with Crippen LogP contribution >= 0.6 is 11.6 Å². The van der Waals surface area contributed by atoms with E-state index in [-0.39, 0.29) is 5.91 Å². The van der Waals surface area contributed by atoms with E-state index in [0.29, 0.717) is 22.4 Å². The molecule has 0 atom stereocenters. The summed E-state index contributed by atoms with van der Waals surface area (Å²) < 4.78 is 0. The van der Waals surface area contributed by atoms with Gasteiger partial charge in [-0.1, -0.05) is 24.4 Å². The second-order valence-corrected chi connectivity index (χ2v) is 5.07. The molecule has 1 aromatic rings. The van der Waals surface area contributed by atoms with E-state index in [1.165, 1.54) is 12.8 Å². The number of rotatable bonds is 3. The van der Waals surface area contributed by atoms with Crippen molar-refractivity contribution in [1.82, 2.24) is 9.88 Å².